The zero-order chi connectivity index (χ0) is 13.8. The minimum Gasteiger partial charge on any atom is -0.456 e. The zero-order valence-corrected chi connectivity index (χ0v) is 12.0. The Bertz CT molecular complexity index is 601. The number of nitro benzene ring substituents is 1. The summed E-state index contributed by atoms with van der Waals surface area (Å²) in [6, 6.07) is 11.6. The lowest BCUT2D eigenvalue weighted by atomic mass is 10.2. The van der Waals surface area contributed by atoms with Gasteiger partial charge in [0.15, 0.2) is 0 Å². The van der Waals surface area contributed by atoms with Crippen LogP contribution in [0.1, 0.15) is 5.56 Å². The topological polar surface area (TPSA) is 52.4 Å². The van der Waals surface area contributed by atoms with Gasteiger partial charge < -0.3 is 4.74 Å². The summed E-state index contributed by atoms with van der Waals surface area (Å²) in [6.45, 7) is 0. The van der Waals surface area contributed by atoms with E-state index in [4.69, 9.17) is 16.3 Å². The number of rotatable bonds is 4. The van der Waals surface area contributed by atoms with Crippen LogP contribution in [0.4, 0.5) is 5.69 Å². The number of hydrogen-bond acceptors (Lipinski definition) is 3. The lowest BCUT2D eigenvalue weighted by Crippen LogP contribution is -1.90. The Morgan fingerprint density at radius 1 is 1.21 bits per heavy atom. The maximum Gasteiger partial charge on any atom is 0.271 e. The molecule has 0 aliphatic rings. The molecule has 0 N–H and O–H groups in total. The summed E-state index contributed by atoms with van der Waals surface area (Å²) in [4.78, 5) is 10.1. The molecule has 2 aromatic rings. The Kier molecular flexibility index (Phi) is 4.39. The monoisotopic (exact) mass is 341 g/mol. The summed E-state index contributed by atoms with van der Waals surface area (Å²) >= 11 is 9.30. The van der Waals surface area contributed by atoms with Crippen LogP contribution in [0.2, 0.25) is 5.02 Å². The largest absolute Gasteiger partial charge is 0.456 e. The van der Waals surface area contributed by atoms with Crippen molar-refractivity contribution in [3.63, 3.8) is 0 Å². The van der Waals surface area contributed by atoms with Gasteiger partial charge in [-0.15, -0.1) is 0 Å². The lowest BCUT2D eigenvalue weighted by molar-refractivity contribution is -0.384. The van der Waals surface area contributed by atoms with Crippen LogP contribution in [0, 0.1) is 10.1 Å². The number of nitrogens with zero attached hydrogens (tertiary/aromatic N) is 1. The van der Waals surface area contributed by atoms with E-state index < -0.39 is 4.92 Å². The van der Waals surface area contributed by atoms with E-state index in [1.165, 1.54) is 18.2 Å². The molecule has 0 spiro atoms. The molecule has 98 valence electrons. The molecule has 0 amide bonds. The van der Waals surface area contributed by atoms with Gasteiger partial charge in [0.05, 0.1) is 9.95 Å². The molecule has 0 aliphatic heterocycles. The normalized spacial score (nSPS) is 10.2. The minimum absolute atomic E-state index is 0.0630. The van der Waals surface area contributed by atoms with Gasteiger partial charge in [-0.2, -0.15) is 0 Å². The molecule has 0 fully saturated rings. The summed E-state index contributed by atoms with van der Waals surface area (Å²) in [7, 11) is 0. The predicted octanol–water partition coefficient (Wildman–Crippen LogP) is 4.94. The third-order valence-corrected chi connectivity index (χ3v) is 3.37. The molecule has 0 saturated heterocycles. The van der Waals surface area contributed by atoms with E-state index >= 15 is 0 Å². The van der Waals surface area contributed by atoms with Crippen molar-refractivity contribution in [2.75, 3.05) is 0 Å². The first kappa shape index (κ1) is 13.8. The number of nitro groups is 1. The molecule has 0 radical (unpaired) electrons. The summed E-state index contributed by atoms with van der Waals surface area (Å²) in [6.07, 6.45) is 0. The average Bonchev–Trinajstić information content (AvgIpc) is 2.41. The van der Waals surface area contributed by atoms with E-state index in [1.54, 1.807) is 0 Å². The van der Waals surface area contributed by atoms with Crippen molar-refractivity contribution in [1.82, 2.24) is 0 Å². The summed E-state index contributed by atoms with van der Waals surface area (Å²) in [5.41, 5.74) is 1.06. The van der Waals surface area contributed by atoms with Gasteiger partial charge in [-0.1, -0.05) is 39.7 Å². The van der Waals surface area contributed by atoms with Crippen molar-refractivity contribution in [1.29, 1.82) is 0 Å². The second-order valence-electron chi connectivity index (χ2n) is 3.75. The SMILES string of the molecule is O=[N+]([O-])c1ccc(Oc2ccc(CBr)cc2)c(Cl)c1. The van der Waals surface area contributed by atoms with E-state index in [-0.39, 0.29) is 10.7 Å². The third-order valence-electron chi connectivity index (χ3n) is 2.43. The molecule has 0 bridgehead atoms. The third kappa shape index (κ3) is 3.45. The summed E-state index contributed by atoms with van der Waals surface area (Å²) in [5.74, 6) is 1.01. The fourth-order valence-electron chi connectivity index (χ4n) is 1.46. The standard InChI is InChI=1S/C13H9BrClNO3/c14-8-9-1-4-11(5-2-9)19-13-6-3-10(16(17)18)7-12(13)15/h1-7H,8H2. The van der Waals surface area contributed by atoms with E-state index in [2.05, 4.69) is 15.9 Å². The molecule has 6 heteroatoms. The van der Waals surface area contributed by atoms with E-state index in [9.17, 15) is 10.1 Å². The van der Waals surface area contributed by atoms with E-state index in [0.29, 0.717) is 11.5 Å². The number of ether oxygens (including phenoxy) is 1. The maximum atomic E-state index is 10.6. The van der Waals surface area contributed by atoms with Gasteiger partial charge in [-0.25, -0.2) is 0 Å². The first-order chi connectivity index (χ1) is 9.10. The van der Waals surface area contributed by atoms with Crippen molar-refractivity contribution in [3.8, 4) is 11.5 Å². The van der Waals surface area contributed by atoms with Crippen molar-refractivity contribution < 1.29 is 9.66 Å². The molecule has 0 saturated carbocycles. The second-order valence-corrected chi connectivity index (χ2v) is 4.72. The first-order valence-electron chi connectivity index (χ1n) is 5.37. The van der Waals surface area contributed by atoms with Crippen LogP contribution in [0.25, 0.3) is 0 Å². The van der Waals surface area contributed by atoms with Crippen LogP contribution < -0.4 is 4.74 Å². The molecule has 0 atom stereocenters. The molecule has 2 aromatic carbocycles. The highest BCUT2D eigenvalue weighted by molar-refractivity contribution is 9.08. The molecule has 0 aliphatic carbocycles. The van der Waals surface area contributed by atoms with Gasteiger partial charge in [-0.05, 0) is 23.8 Å². The molecule has 4 nitrogen and oxygen atoms in total. The quantitative estimate of drug-likeness (QED) is 0.449. The fraction of sp³-hybridized carbons (Fsp3) is 0.0769. The number of alkyl halides is 1. The van der Waals surface area contributed by atoms with Crippen molar-refractivity contribution in [3.05, 3.63) is 63.2 Å². The molecule has 2 rings (SSSR count). The average molecular weight is 343 g/mol. The Morgan fingerprint density at radius 3 is 2.42 bits per heavy atom. The number of benzene rings is 2. The highest BCUT2D eigenvalue weighted by Crippen LogP contribution is 2.32. The fourth-order valence-corrected chi connectivity index (χ4v) is 2.05. The predicted molar refractivity (Wildman–Crippen MR) is 77.3 cm³/mol. The van der Waals surface area contributed by atoms with Crippen LogP contribution in [0.5, 0.6) is 11.5 Å². The number of halogens is 2. The molecular weight excluding hydrogens is 334 g/mol. The van der Waals surface area contributed by atoms with Crippen molar-refractivity contribution in [2.24, 2.45) is 0 Å². The van der Waals surface area contributed by atoms with Crippen LogP contribution in [-0.2, 0) is 5.33 Å². The molecule has 19 heavy (non-hydrogen) atoms. The van der Waals surface area contributed by atoms with Crippen molar-refractivity contribution >= 4 is 33.2 Å². The smallest absolute Gasteiger partial charge is 0.271 e. The molecular formula is C13H9BrClNO3. The summed E-state index contributed by atoms with van der Waals surface area (Å²) in [5, 5.41) is 11.6. The second kappa shape index (κ2) is 6.04. The van der Waals surface area contributed by atoms with Crippen LogP contribution >= 0.6 is 27.5 Å². The highest BCUT2D eigenvalue weighted by atomic mass is 79.9. The van der Waals surface area contributed by atoms with Gasteiger partial charge in [0, 0.05) is 17.5 Å². The zero-order valence-electron chi connectivity index (χ0n) is 9.68. The van der Waals surface area contributed by atoms with Gasteiger partial charge in [0.1, 0.15) is 11.5 Å². The molecule has 0 aromatic heterocycles. The first-order valence-corrected chi connectivity index (χ1v) is 6.87. The lowest BCUT2D eigenvalue weighted by Gasteiger charge is -2.07. The van der Waals surface area contributed by atoms with Crippen LogP contribution in [0.15, 0.2) is 42.5 Å². The number of non-ortho nitro benzene ring substituents is 1. The van der Waals surface area contributed by atoms with Gasteiger partial charge >= 0.3 is 0 Å². The minimum atomic E-state index is -0.500. The van der Waals surface area contributed by atoms with Gasteiger partial charge in [0.2, 0.25) is 0 Å². The van der Waals surface area contributed by atoms with E-state index in [0.717, 1.165) is 10.9 Å². The van der Waals surface area contributed by atoms with Crippen LogP contribution in [-0.4, -0.2) is 4.92 Å². The maximum absolute atomic E-state index is 10.6. The Morgan fingerprint density at radius 2 is 1.89 bits per heavy atom. The van der Waals surface area contributed by atoms with Gasteiger partial charge in [0.25, 0.3) is 5.69 Å². The molecule has 0 heterocycles. The van der Waals surface area contributed by atoms with Crippen LogP contribution in [0.3, 0.4) is 0 Å². The number of hydrogen-bond donors (Lipinski definition) is 0. The Labute approximate surface area is 123 Å². The van der Waals surface area contributed by atoms with Crippen molar-refractivity contribution in [2.45, 2.75) is 5.33 Å². The van der Waals surface area contributed by atoms with E-state index in [1.807, 2.05) is 24.3 Å². The highest BCUT2D eigenvalue weighted by Gasteiger charge is 2.10. The molecule has 0 unspecified atom stereocenters. The summed E-state index contributed by atoms with van der Waals surface area (Å²) < 4.78 is 5.57. The Hall–Kier alpha value is -1.59. The Balaban J connectivity index is 2.20. The van der Waals surface area contributed by atoms with Gasteiger partial charge in [-0.3, -0.25) is 10.1 Å².